The molecule has 5 rings (SSSR count). The Balaban J connectivity index is 1.12. The lowest BCUT2D eigenvalue weighted by Gasteiger charge is -2.62. The Hall–Kier alpha value is -1.99. The number of aliphatic hydroxyl groups is 2. The second-order valence-electron chi connectivity index (χ2n) is 13.7. The van der Waals surface area contributed by atoms with Gasteiger partial charge in [-0.25, -0.2) is 0 Å². The predicted octanol–water partition coefficient (Wildman–Crippen LogP) is 4.33. The van der Waals surface area contributed by atoms with Crippen molar-refractivity contribution in [1.29, 1.82) is 0 Å². The molecular formula is C32H49N3O4. The van der Waals surface area contributed by atoms with Crippen LogP contribution in [0.4, 0.5) is 0 Å². The largest absolute Gasteiger partial charge is 0.393 e. The molecular weight excluding hydrogens is 490 g/mol. The summed E-state index contributed by atoms with van der Waals surface area (Å²) in [7, 11) is 0. The van der Waals surface area contributed by atoms with E-state index in [1.165, 1.54) is 19.3 Å². The van der Waals surface area contributed by atoms with E-state index in [4.69, 9.17) is 0 Å². The van der Waals surface area contributed by atoms with E-state index in [0.29, 0.717) is 60.7 Å². The number of nitrogens with zero attached hydrogens (tertiary/aromatic N) is 1. The molecule has 39 heavy (non-hydrogen) atoms. The highest BCUT2D eigenvalue weighted by Gasteiger charge is 2.63. The molecule has 2 amide bonds. The van der Waals surface area contributed by atoms with Gasteiger partial charge in [0.05, 0.1) is 12.2 Å². The van der Waals surface area contributed by atoms with Crippen molar-refractivity contribution in [3.63, 3.8) is 0 Å². The number of fused-ring (bicyclic) bond motifs is 5. The lowest BCUT2D eigenvalue weighted by atomic mass is 9.43. The Kier molecular flexibility index (Phi) is 8.40. The SMILES string of the molecule is C[C@H](CCC(=O)NCCNC(=O)c1ccccn1)[C@H]1CC[C@H]2[C@@H]3CC[C@@H]4C[C@H](O)CC[C@]4(C)[C@H]3C[C@H](O)[C@]12C. The molecule has 10 atom stereocenters. The van der Waals surface area contributed by atoms with E-state index in [1.807, 2.05) is 0 Å². The summed E-state index contributed by atoms with van der Waals surface area (Å²) in [5, 5.41) is 27.8. The van der Waals surface area contributed by atoms with Crippen LogP contribution >= 0.6 is 0 Å². The minimum absolute atomic E-state index is 0.0172. The van der Waals surface area contributed by atoms with Gasteiger partial charge in [-0.2, -0.15) is 0 Å². The third kappa shape index (κ3) is 5.38. The number of carbonyl (C=O) groups is 2. The van der Waals surface area contributed by atoms with E-state index in [2.05, 4.69) is 36.4 Å². The summed E-state index contributed by atoms with van der Waals surface area (Å²) in [6.45, 7) is 7.86. The van der Waals surface area contributed by atoms with Gasteiger partial charge in [0.1, 0.15) is 5.69 Å². The zero-order valence-corrected chi connectivity index (χ0v) is 24.1. The fraction of sp³-hybridized carbons (Fsp3) is 0.781. The number of rotatable bonds is 8. The Bertz CT molecular complexity index is 1020. The van der Waals surface area contributed by atoms with Gasteiger partial charge in [0.15, 0.2) is 0 Å². The average Bonchev–Trinajstić information content (AvgIpc) is 3.30. The molecule has 4 aliphatic carbocycles. The maximum Gasteiger partial charge on any atom is 0.269 e. The van der Waals surface area contributed by atoms with E-state index < -0.39 is 0 Å². The summed E-state index contributed by atoms with van der Waals surface area (Å²) in [6.07, 6.45) is 11.1. The molecule has 216 valence electrons. The number of nitrogens with one attached hydrogen (secondary N) is 2. The first-order valence-electron chi connectivity index (χ1n) is 15.5. The van der Waals surface area contributed by atoms with Gasteiger partial charge in [-0.1, -0.05) is 26.8 Å². The molecule has 0 bridgehead atoms. The molecule has 0 aliphatic heterocycles. The van der Waals surface area contributed by atoms with Gasteiger partial charge < -0.3 is 20.8 Å². The Morgan fingerprint density at radius 3 is 2.59 bits per heavy atom. The molecule has 0 unspecified atom stereocenters. The molecule has 4 fully saturated rings. The van der Waals surface area contributed by atoms with Crippen LogP contribution in [0.2, 0.25) is 0 Å². The predicted molar refractivity (Wildman–Crippen MR) is 151 cm³/mol. The molecule has 0 saturated heterocycles. The Morgan fingerprint density at radius 1 is 1.03 bits per heavy atom. The number of pyridine rings is 1. The van der Waals surface area contributed by atoms with Crippen molar-refractivity contribution >= 4 is 11.8 Å². The monoisotopic (exact) mass is 539 g/mol. The van der Waals surface area contributed by atoms with E-state index in [1.54, 1.807) is 24.4 Å². The second-order valence-corrected chi connectivity index (χ2v) is 13.7. The molecule has 0 aromatic carbocycles. The van der Waals surface area contributed by atoms with Crippen LogP contribution < -0.4 is 10.6 Å². The van der Waals surface area contributed by atoms with Gasteiger partial charge in [0.25, 0.3) is 5.91 Å². The minimum Gasteiger partial charge on any atom is -0.393 e. The molecule has 7 nitrogen and oxygen atoms in total. The highest BCUT2D eigenvalue weighted by Crippen LogP contribution is 2.68. The van der Waals surface area contributed by atoms with Gasteiger partial charge in [0, 0.05) is 25.7 Å². The molecule has 1 aromatic heterocycles. The summed E-state index contributed by atoms with van der Waals surface area (Å²) in [4.78, 5) is 28.7. The summed E-state index contributed by atoms with van der Waals surface area (Å²) >= 11 is 0. The van der Waals surface area contributed by atoms with Crippen LogP contribution in [0, 0.1) is 46.3 Å². The molecule has 0 radical (unpaired) electrons. The minimum atomic E-state index is -0.294. The van der Waals surface area contributed by atoms with Crippen LogP contribution in [0.1, 0.15) is 95.5 Å². The number of amides is 2. The molecule has 7 heteroatoms. The molecule has 0 spiro atoms. The van der Waals surface area contributed by atoms with Gasteiger partial charge in [-0.3, -0.25) is 14.6 Å². The zero-order valence-electron chi connectivity index (χ0n) is 24.1. The molecule has 1 heterocycles. The topological polar surface area (TPSA) is 112 Å². The third-order valence-electron chi connectivity index (χ3n) is 12.0. The van der Waals surface area contributed by atoms with E-state index in [-0.39, 0.29) is 34.9 Å². The smallest absolute Gasteiger partial charge is 0.269 e. The number of hydrogen-bond acceptors (Lipinski definition) is 5. The normalized spacial score (nSPS) is 40.1. The number of hydrogen-bond donors (Lipinski definition) is 4. The van der Waals surface area contributed by atoms with Gasteiger partial charge in [-0.15, -0.1) is 0 Å². The van der Waals surface area contributed by atoms with Gasteiger partial charge >= 0.3 is 0 Å². The van der Waals surface area contributed by atoms with Crippen LogP contribution in [-0.4, -0.2) is 52.3 Å². The van der Waals surface area contributed by atoms with Gasteiger partial charge in [0.2, 0.25) is 5.91 Å². The van der Waals surface area contributed by atoms with Crippen molar-refractivity contribution in [3.8, 4) is 0 Å². The van der Waals surface area contributed by atoms with Crippen molar-refractivity contribution in [2.45, 2.75) is 97.2 Å². The van der Waals surface area contributed by atoms with Crippen LogP contribution in [0.5, 0.6) is 0 Å². The van der Waals surface area contributed by atoms with Crippen molar-refractivity contribution in [1.82, 2.24) is 15.6 Å². The molecule has 1 aromatic rings. The second kappa shape index (κ2) is 11.5. The van der Waals surface area contributed by atoms with Crippen molar-refractivity contribution in [2.24, 2.45) is 46.3 Å². The van der Waals surface area contributed by atoms with Crippen LogP contribution in [0.3, 0.4) is 0 Å². The summed E-state index contributed by atoms with van der Waals surface area (Å²) in [5.74, 6) is 2.98. The molecule has 4 aliphatic rings. The Labute approximate surface area is 233 Å². The quantitative estimate of drug-likeness (QED) is 0.368. The lowest BCUT2D eigenvalue weighted by molar-refractivity contribution is -0.174. The zero-order chi connectivity index (χ0) is 27.8. The average molecular weight is 540 g/mol. The van der Waals surface area contributed by atoms with Crippen molar-refractivity contribution in [3.05, 3.63) is 30.1 Å². The first-order valence-corrected chi connectivity index (χ1v) is 15.5. The van der Waals surface area contributed by atoms with Crippen molar-refractivity contribution in [2.75, 3.05) is 13.1 Å². The first kappa shape index (κ1) is 28.5. The lowest BCUT2D eigenvalue weighted by Crippen LogP contribution is -2.58. The standard InChI is InChI=1S/C32H49N3O4/c1-20(7-12-29(38)34-16-17-35-30(39)27-6-4-5-15-33-27)24-10-11-25-23-9-8-21-18-22(36)13-14-31(21,2)26(23)19-28(37)32(24,25)3/h4-6,15,20-26,28,36-37H,7-14,16-19H2,1-3H3,(H,34,38)(H,35,39)/t20-,21-,22-,23+,24-,25+,26+,28+,31+,32-/m1/s1. The number of carbonyl (C=O) groups excluding carboxylic acids is 2. The first-order chi connectivity index (χ1) is 18.6. The summed E-state index contributed by atoms with van der Waals surface area (Å²) < 4.78 is 0. The summed E-state index contributed by atoms with van der Waals surface area (Å²) in [5.41, 5.74) is 0.546. The highest BCUT2D eigenvalue weighted by atomic mass is 16.3. The number of aromatic nitrogens is 1. The summed E-state index contributed by atoms with van der Waals surface area (Å²) in [6, 6.07) is 5.21. The van der Waals surface area contributed by atoms with E-state index in [9.17, 15) is 19.8 Å². The molecule has 4 saturated carbocycles. The van der Waals surface area contributed by atoms with Crippen LogP contribution in [0.15, 0.2) is 24.4 Å². The van der Waals surface area contributed by atoms with Crippen LogP contribution in [0.25, 0.3) is 0 Å². The maximum atomic E-state index is 12.6. The van der Waals surface area contributed by atoms with Gasteiger partial charge in [-0.05, 0) is 116 Å². The fourth-order valence-electron chi connectivity index (χ4n) is 9.77. The van der Waals surface area contributed by atoms with E-state index in [0.717, 1.165) is 38.5 Å². The molecule has 4 N–H and O–H groups in total. The van der Waals surface area contributed by atoms with Crippen molar-refractivity contribution < 1.29 is 19.8 Å². The highest BCUT2D eigenvalue weighted by molar-refractivity contribution is 5.92. The van der Waals surface area contributed by atoms with Crippen LogP contribution in [-0.2, 0) is 4.79 Å². The van der Waals surface area contributed by atoms with E-state index >= 15 is 0 Å². The Morgan fingerprint density at radius 2 is 1.82 bits per heavy atom. The maximum absolute atomic E-state index is 12.6. The fourth-order valence-corrected chi connectivity index (χ4v) is 9.77. The third-order valence-corrected chi connectivity index (χ3v) is 12.0. The number of aliphatic hydroxyl groups excluding tert-OH is 2.